The summed E-state index contributed by atoms with van der Waals surface area (Å²) in [5, 5.41) is 0. The van der Waals surface area contributed by atoms with Crippen molar-refractivity contribution in [2.45, 2.75) is 13.5 Å². The molecule has 2 rings (SSSR count). The van der Waals surface area contributed by atoms with E-state index >= 15 is 0 Å². The average Bonchev–Trinajstić information content (AvgIpc) is 2.53. The minimum Gasteiger partial charge on any atom is -0.465 e. The third-order valence-electron chi connectivity index (χ3n) is 3.15. The molecule has 3 nitrogen and oxygen atoms in total. The Kier molecular flexibility index (Phi) is 5.06. The fourth-order valence-corrected chi connectivity index (χ4v) is 2.06. The van der Waals surface area contributed by atoms with Gasteiger partial charge in [-0.05, 0) is 47.9 Å². The summed E-state index contributed by atoms with van der Waals surface area (Å²) < 4.78 is 23.2. The number of hydrogen-bond donors (Lipinski definition) is 0. The summed E-state index contributed by atoms with van der Waals surface area (Å²) >= 11 is 0. The van der Waals surface area contributed by atoms with Crippen LogP contribution in [0, 0.1) is 5.82 Å². The van der Waals surface area contributed by atoms with E-state index in [1.807, 2.05) is 13.0 Å². The molecule has 0 radical (unpaired) electrons. The van der Waals surface area contributed by atoms with Crippen LogP contribution in [0.3, 0.4) is 0 Å². The SMILES string of the molecule is CCOCc1ccc(C(=O)OC)cc1-c1ccc(F)cc1. The summed E-state index contributed by atoms with van der Waals surface area (Å²) in [6, 6.07) is 11.4. The van der Waals surface area contributed by atoms with Gasteiger partial charge in [-0.25, -0.2) is 9.18 Å². The van der Waals surface area contributed by atoms with E-state index in [1.54, 1.807) is 24.3 Å². The van der Waals surface area contributed by atoms with Crippen molar-refractivity contribution in [3.05, 3.63) is 59.4 Å². The van der Waals surface area contributed by atoms with E-state index in [0.717, 1.165) is 16.7 Å². The molecule has 110 valence electrons. The second kappa shape index (κ2) is 6.99. The Labute approximate surface area is 123 Å². The van der Waals surface area contributed by atoms with Gasteiger partial charge in [0, 0.05) is 6.61 Å². The first kappa shape index (κ1) is 15.2. The van der Waals surface area contributed by atoms with Crippen molar-refractivity contribution in [2.24, 2.45) is 0 Å². The monoisotopic (exact) mass is 288 g/mol. The van der Waals surface area contributed by atoms with Crippen LogP contribution in [-0.2, 0) is 16.1 Å². The number of benzene rings is 2. The highest BCUT2D eigenvalue weighted by Gasteiger charge is 2.11. The predicted octanol–water partition coefficient (Wildman–Crippen LogP) is 3.82. The Morgan fingerprint density at radius 1 is 1.14 bits per heavy atom. The minimum atomic E-state index is -0.402. The Balaban J connectivity index is 2.46. The highest BCUT2D eigenvalue weighted by Crippen LogP contribution is 2.26. The quantitative estimate of drug-likeness (QED) is 0.785. The van der Waals surface area contributed by atoms with Gasteiger partial charge in [0.15, 0.2) is 0 Å². The minimum absolute atomic E-state index is 0.297. The van der Waals surface area contributed by atoms with E-state index in [0.29, 0.717) is 18.8 Å². The Morgan fingerprint density at radius 2 is 1.86 bits per heavy atom. The molecule has 0 aromatic heterocycles. The molecule has 0 heterocycles. The van der Waals surface area contributed by atoms with Crippen LogP contribution in [0.4, 0.5) is 4.39 Å². The van der Waals surface area contributed by atoms with Crippen molar-refractivity contribution in [1.29, 1.82) is 0 Å². The van der Waals surface area contributed by atoms with Crippen molar-refractivity contribution < 1.29 is 18.7 Å². The number of ether oxygens (including phenoxy) is 2. The van der Waals surface area contributed by atoms with Crippen LogP contribution in [0.25, 0.3) is 11.1 Å². The van der Waals surface area contributed by atoms with E-state index in [-0.39, 0.29) is 5.82 Å². The number of hydrogen-bond acceptors (Lipinski definition) is 3. The lowest BCUT2D eigenvalue weighted by molar-refractivity contribution is 0.0600. The van der Waals surface area contributed by atoms with Crippen molar-refractivity contribution in [1.82, 2.24) is 0 Å². The van der Waals surface area contributed by atoms with Gasteiger partial charge in [0.2, 0.25) is 0 Å². The van der Waals surface area contributed by atoms with Crippen molar-refractivity contribution in [2.75, 3.05) is 13.7 Å². The zero-order valence-electron chi connectivity index (χ0n) is 12.1. The van der Waals surface area contributed by atoms with Gasteiger partial charge in [-0.3, -0.25) is 0 Å². The molecule has 0 atom stereocenters. The summed E-state index contributed by atoms with van der Waals surface area (Å²) in [7, 11) is 1.34. The molecule has 0 fully saturated rings. The third-order valence-corrected chi connectivity index (χ3v) is 3.15. The predicted molar refractivity (Wildman–Crippen MR) is 78.5 cm³/mol. The maximum absolute atomic E-state index is 13.1. The number of esters is 1. The molecule has 2 aromatic rings. The first-order chi connectivity index (χ1) is 10.2. The van der Waals surface area contributed by atoms with Gasteiger partial charge in [-0.15, -0.1) is 0 Å². The van der Waals surface area contributed by atoms with Gasteiger partial charge in [0.1, 0.15) is 5.82 Å². The Bertz CT molecular complexity index is 620. The van der Waals surface area contributed by atoms with Crippen molar-refractivity contribution in [3.8, 4) is 11.1 Å². The fraction of sp³-hybridized carbons (Fsp3) is 0.235. The summed E-state index contributed by atoms with van der Waals surface area (Å²) in [5.74, 6) is -0.699. The van der Waals surface area contributed by atoms with Crippen LogP contribution in [0.5, 0.6) is 0 Å². The molecule has 0 spiro atoms. The first-order valence-electron chi connectivity index (χ1n) is 6.70. The molecule has 4 heteroatoms. The molecule has 0 N–H and O–H groups in total. The zero-order chi connectivity index (χ0) is 15.2. The number of carbonyl (C=O) groups excluding carboxylic acids is 1. The van der Waals surface area contributed by atoms with Crippen LogP contribution in [-0.4, -0.2) is 19.7 Å². The number of carbonyl (C=O) groups is 1. The number of methoxy groups -OCH3 is 1. The molecular weight excluding hydrogens is 271 g/mol. The summed E-state index contributed by atoms with van der Waals surface area (Å²) in [6.07, 6.45) is 0. The molecule has 0 aliphatic carbocycles. The maximum atomic E-state index is 13.1. The van der Waals surface area contributed by atoms with E-state index in [9.17, 15) is 9.18 Å². The van der Waals surface area contributed by atoms with Crippen LogP contribution in [0.15, 0.2) is 42.5 Å². The Morgan fingerprint density at radius 3 is 2.48 bits per heavy atom. The Hall–Kier alpha value is -2.20. The van der Waals surface area contributed by atoms with E-state index in [2.05, 4.69) is 0 Å². The standard InChI is InChI=1S/C17H17FO3/c1-3-21-11-14-5-4-13(17(19)20-2)10-16(14)12-6-8-15(18)9-7-12/h4-10H,3,11H2,1-2H3. The lowest BCUT2D eigenvalue weighted by Crippen LogP contribution is -2.03. The van der Waals surface area contributed by atoms with E-state index in [4.69, 9.17) is 9.47 Å². The van der Waals surface area contributed by atoms with Gasteiger partial charge in [-0.2, -0.15) is 0 Å². The van der Waals surface area contributed by atoms with Gasteiger partial charge in [-0.1, -0.05) is 18.2 Å². The highest BCUT2D eigenvalue weighted by atomic mass is 19.1. The molecule has 0 amide bonds. The largest absolute Gasteiger partial charge is 0.465 e. The normalized spacial score (nSPS) is 10.4. The maximum Gasteiger partial charge on any atom is 0.337 e. The lowest BCUT2D eigenvalue weighted by atomic mass is 9.97. The lowest BCUT2D eigenvalue weighted by Gasteiger charge is -2.12. The molecule has 0 saturated carbocycles. The molecule has 0 saturated heterocycles. The third kappa shape index (κ3) is 3.67. The number of halogens is 1. The highest BCUT2D eigenvalue weighted by molar-refractivity contribution is 5.91. The van der Waals surface area contributed by atoms with Crippen LogP contribution in [0.2, 0.25) is 0 Å². The van der Waals surface area contributed by atoms with E-state index < -0.39 is 5.97 Å². The molecule has 21 heavy (non-hydrogen) atoms. The van der Waals surface area contributed by atoms with Crippen LogP contribution >= 0.6 is 0 Å². The molecule has 0 bridgehead atoms. The average molecular weight is 288 g/mol. The van der Waals surface area contributed by atoms with Gasteiger partial charge < -0.3 is 9.47 Å². The molecular formula is C17H17FO3. The van der Waals surface area contributed by atoms with Crippen LogP contribution in [0.1, 0.15) is 22.8 Å². The molecule has 0 unspecified atom stereocenters. The summed E-state index contributed by atoms with van der Waals surface area (Å²) in [5.41, 5.74) is 3.07. The molecule has 0 aliphatic rings. The zero-order valence-corrected chi connectivity index (χ0v) is 12.1. The topological polar surface area (TPSA) is 35.5 Å². The van der Waals surface area contributed by atoms with Crippen molar-refractivity contribution in [3.63, 3.8) is 0 Å². The summed E-state index contributed by atoms with van der Waals surface area (Å²) in [6.45, 7) is 2.95. The molecule has 0 aliphatic heterocycles. The van der Waals surface area contributed by atoms with Gasteiger partial charge >= 0.3 is 5.97 Å². The van der Waals surface area contributed by atoms with E-state index in [1.165, 1.54) is 19.2 Å². The van der Waals surface area contributed by atoms with Gasteiger partial charge in [0.25, 0.3) is 0 Å². The second-order valence-electron chi connectivity index (χ2n) is 4.51. The fourth-order valence-electron chi connectivity index (χ4n) is 2.06. The smallest absolute Gasteiger partial charge is 0.337 e. The van der Waals surface area contributed by atoms with Crippen molar-refractivity contribution >= 4 is 5.97 Å². The van der Waals surface area contributed by atoms with Gasteiger partial charge in [0.05, 0.1) is 19.3 Å². The molecule has 2 aromatic carbocycles. The summed E-state index contributed by atoms with van der Waals surface area (Å²) in [4.78, 5) is 11.7. The second-order valence-corrected chi connectivity index (χ2v) is 4.51. The van der Waals surface area contributed by atoms with Crippen LogP contribution < -0.4 is 0 Å². The number of rotatable bonds is 5. The first-order valence-corrected chi connectivity index (χ1v) is 6.70.